The van der Waals surface area contributed by atoms with Gasteiger partial charge in [0.25, 0.3) is 0 Å². The van der Waals surface area contributed by atoms with Gasteiger partial charge in [-0.25, -0.2) is 0 Å². The number of nitrogens with one attached hydrogen (secondary N) is 1. The topological polar surface area (TPSA) is 94.5 Å². The molecule has 31 heavy (non-hydrogen) atoms. The van der Waals surface area contributed by atoms with Crippen molar-refractivity contribution in [2.75, 3.05) is 18.0 Å². The van der Waals surface area contributed by atoms with Crippen LogP contribution >= 0.6 is 0 Å². The zero-order chi connectivity index (χ0) is 22.8. The summed E-state index contributed by atoms with van der Waals surface area (Å²) in [7, 11) is 0. The first kappa shape index (κ1) is 22.8. The van der Waals surface area contributed by atoms with Gasteiger partial charge in [0.2, 0.25) is 5.91 Å². The van der Waals surface area contributed by atoms with Crippen molar-refractivity contribution in [2.24, 2.45) is 22.6 Å². The van der Waals surface area contributed by atoms with Crippen molar-refractivity contribution in [3.63, 3.8) is 0 Å². The molecule has 1 amide bonds. The van der Waals surface area contributed by atoms with Gasteiger partial charge in [-0.15, -0.1) is 0 Å². The largest absolute Gasteiger partial charge is 0.393 e. The molecule has 0 radical (unpaired) electrons. The number of nitrogens with zero attached hydrogens (tertiary/aromatic N) is 3. The SMILES string of the molecule is C=Nc1c(C#N)ccc(N2CC(NC(=O)C(N)C3CC3)CC(C(F)(F)F)C2)c1/C=C\C. The number of benzene rings is 1. The summed E-state index contributed by atoms with van der Waals surface area (Å²) in [6.07, 6.45) is 0.553. The molecule has 1 aliphatic carbocycles. The van der Waals surface area contributed by atoms with Gasteiger partial charge in [-0.05, 0) is 51.0 Å². The molecule has 3 N–H and O–H groups in total. The van der Waals surface area contributed by atoms with E-state index in [4.69, 9.17) is 5.73 Å². The molecule has 2 aliphatic rings. The Kier molecular flexibility index (Phi) is 6.70. The van der Waals surface area contributed by atoms with Gasteiger partial charge in [0.1, 0.15) is 6.07 Å². The Balaban J connectivity index is 1.94. The smallest absolute Gasteiger partial charge is 0.368 e. The van der Waals surface area contributed by atoms with Crippen LogP contribution < -0.4 is 16.0 Å². The van der Waals surface area contributed by atoms with Crippen LogP contribution in [0.1, 0.15) is 37.3 Å². The number of piperidine rings is 1. The number of carbonyl (C=O) groups is 1. The maximum Gasteiger partial charge on any atom is 0.393 e. The third-order valence-electron chi connectivity index (χ3n) is 5.84. The first-order valence-electron chi connectivity index (χ1n) is 10.2. The number of carbonyl (C=O) groups excluding carboxylic acids is 1. The molecule has 3 unspecified atom stereocenters. The highest BCUT2D eigenvalue weighted by atomic mass is 19.4. The van der Waals surface area contributed by atoms with Crippen LogP contribution in [0.3, 0.4) is 0 Å². The lowest BCUT2D eigenvalue weighted by atomic mass is 9.91. The molecule has 1 saturated carbocycles. The fourth-order valence-corrected chi connectivity index (χ4v) is 4.07. The second kappa shape index (κ2) is 9.10. The first-order valence-corrected chi connectivity index (χ1v) is 10.2. The normalized spacial score (nSPS) is 22.8. The fourth-order valence-electron chi connectivity index (χ4n) is 4.07. The average Bonchev–Trinajstić information content (AvgIpc) is 3.57. The lowest BCUT2D eigenvalue weighted by molar-refractivity contribution is -0.178. The van der Waals surface area contributed by atoms with Crippen LogP contribution in [0, 0.1) is 23.2 Å². The summed E-state index contributed by atoms with van der Waals surface area (Å²) in [6, 6.07) is 3.79. The van der Waals surface area contributed by atoms with Gasteiger partial charge in [0.15, 0.2) is 0 Å². The molecule has 3 rings (SSSR count). The Hall–Kier alpha value is -2.86. The van der Waals surface area contributed by atoms with E-state index in [1.807, 2.05) is 6.07 Å². The second-order valence-corrected chi connectivity index (χ2v) is 8.11. The predicted molar refractivity (Wildman–Crippen MR) is 114 cm³/mol. The summed E-state index contributed by atoms with van der Waals surface area (Å²) >= 11 is 0. The summed E-state index contributed by atoms with van der Waals surface area (Å²) in [5.41, 5.74) is 7.58. The molecule has 166 valence electrons. The van der Waals surface area contributed by atoms with Crippen molar-refractivity contribution in [3.8, 4) is 6.07 Å². The minimum absolute atomic E-state index is 0.110. The zero-order valence-electron chi connectivity index (χ0n) is 17.3. The Bertz CT molecular complexity index is 917. The van der Waals surface area contributed by atoms with Crippen LogP contribution in [0.5, 0.6) is 0 Å². The van der Waals surface area contributed by atoms with Crippen molar-refractivity contribution in [1.82, 2.24) is 5.32 Å². The number of hydrogen-bond acceptors (Lipinski definition) is 5. The van der Waals surface area contributed by atoms with Gasteiger partial charge in [-0.3, -0.25) is 9.79 Å². The molecule has 6 nitrogen and oxygen atoms in total. The number of aliphatic imine (C=N–C) groups is 1. The van der Waals surface area contributed by atoms with Crippen LogP contribution in [0.25, 0.3) is 6.08 Å². The molecule has 9 heteroatoms. The summed E-state index contributed by atoms with van der Waals surface area (Å²) in [6.45, 7) is 5.23. The number of nitriles is 1. The van der Waals surface area contributed by atoms with Crippen LogP contribution in [0.4, 0.5) is 24.5 Å². The van der Waals surface area contributed by atoms with Crippen molar-refractivity contribution in [1.29, 1.82) is 5.26 Å². The van der Waals surface area contributed by atoms with E-state index in [1.165, 1.54) is 6.07 Å². The second-order valence-electron chi connectivity index (χ2n) is 8.11. The van der Waals surface area contributed by atoms with Gasteiger partial charge >= 0.3 is 6.18 Å². The number of amides is 1. The van der Waals surface area contributed by atoms with Crippen LogP contribution in [-0.4, -0.2) is 44.0 Å². The number of alkyl halides is 3. The van der Waals surface area contributed by atoms with Crippen molar-refractivity contribution in [3.05, 3.63) is 29.3 Å². The van der Waals surface area contributed by atoms with Crippen molar-refractivity contribution >= 4 is 30.1 Å². The standard InChI is InChI=1S/C22H26F3N5O/c1-3-4-17-18(8-7-14(10-26)20(17)28-2)30-11-15(22(23,24)25)9-16(12-30)29-21(31)19(27)13-5-6-13/h3-4,7-8,13,15-16,19H,2,5-6,9,11-12,27H2,1H3,(H,29,31)/b4-3-. The Morgan fingerprint density at radius 2 is 2.13 bits per heavy atom. The Morgan fingerprint density at radius 1 is 1.42 bits per heavy atom. The molecule has 2 fully saturated rings. The van der Waals surface area contributed by atoms with E-state index in [-0.39, 0.29) is 31.0 Å². The predicted octanol–water partition coefficient (Wildman–Crippen LogP) is 3.53. The maximum absolute atomic E-state index is 13.7. The third-order valence-corrected chi connectivity index (χ3v) is 5.84. The molecular formula is C22H26F3N5O. The van der Waals surface area contributed by atoms with Crippen LogP contribution in [-0.2, 0) is 4.79 Å². The number of nitrogens with two attached hydrogens (primary N) is 1. The molecule has 0 aromatic heterocycles. The summed E-state index contributed by atoms with van der Waals surface area (Å²) in [4.78, 5) is 18.0. The number of hydrogen-bond donors (Lipinski definition) is 2. The molecule has 1 aliphatic heterocycles. The summed E-state index contributed by atoms with van der Waals surface area (Å²) < 4.78 is 41.1. The van der Waals surface area contributed by atoms with E-state index in [0.29, 0.717) is 16.9 Å². The summed E-state index contributed by atoms with van der Waals surface area (Å²) in [5, 5.41) is 12.1. The zero-order valence-corrected chi connectivity index (χ0v) is 17.3. The number of allylic oxidation sites excluding steroid dienone is 1. The Labute approximate surface area is 179 Å². The number of rotatable bonds is 6. The van der Waals surface area contributed by atoms with Gasteiger partial charge < -0.3 is 16.0 Å². The Morgan fingerprint density at radius 3 is 2.68 bits per heavy atom. The molecule has 3 atom stereocenters. The number of halogens is 3. The molecule has 1 heterocycles. The number of anilines is 1. The van der Waals surface area contributed by atoms with E-state index in [0.717, 1.165) is 12.8 Å². The monoisotopic (exact) mass is 433 g/mol. The molecule has 0 bridgehead atoms. The van der Waals surface area contributed by atoms with Gasteiger partial charge in [0, 0.05) is 30.4 Å². The van der Waals surface area contributed by atoms with Crippen LogP contribution in [0.2, 0.25) is 0 Å². The molecular weight excluding hydrogens is 407 g/mol. The first-order chi connectivity index (χ1) is 14.7. The van der Waals surface area contributed by atoms with Gasteiger partial charge in [-0.2, -0.15) is 18.4 Å². The van der Waals surface area contributed by atoms with E-state index in [2.05, 4.69) is 17.0 Å². The molecule has 1 saturated heterocycles. The van der Waals surface area contributed by atoms with Crippen LogP contribution in [0.15, 0.2) is 23.2 Å². The lowest BCUT2D eigenvalue weighted by Gasteiger charge is -2.41. The third kappa shape index (κ3) is 5.07. The minimum Gasteiger partial charge on any atom is -0.368 e. The quantitative estimate of drug-likeness (QED) is 0.671. The fraction of sp³-hybridized carbons (Fsp3) is 0.500. The highest BCUT2D eigenvalue weighted by Gasteiger charge is 2.45. The van der Waals surface area contributed by atoms with Gasteiger partial charge in [0.05, 0.1) is 23.2 Å². The molecule has 1 aromatic carbocycles. The van der Waals surface area contributed by atoms with E-state index in [9.17, 15) is 23.2 Å². The highest BCUT2D eigenvalue weighted by molar-refractivity contribution is 5.83. The van der Waals surface area contributed by atoms with E-state index >= 15 is 0 Å². The average molecular weight is 433 g/mol. The van der Waals surface area contributed by atoms with E-state index < -0.39 is 30.1 Å². The minimum atomic E-state index is -4.41. The summed E-state index contributed by atoms with van der Waals surface area (Å²) in [5.74, 6) is -1.91. The molecule has 1 aromatic rings. The lowest BCUT2D eigenvalue weighted by Crippen LogP contribution is -2.56. The van der Waals surface area contributed by atoms with E-state index in [1.54, 1.807) is 30.0 Å². The van der Waals surface area contributed by atoms with Crippen molar-refractivity contribution in [2.45, 2.75) is 44.4 Å². The molecule has 0 spiro atoms. The maximum atomic E-state index is 13.7. The van der Waals surface area contributed by atoms with Crippen molar-refractivity contribution < 1.29 is 18.0 Å². The highest BCUT2D eigenvalue weighted by Crippen LogP contribution is 2.39. The van der Waals surface area contributed by atoms with Gasteiger partial charge in [-0.1, -0.05) is 12.2 Å².